The molecule has 2 aliphatic heterocycles. The van der Waals surface area contributed by atoms with Crippen LogP contribution in [0.15, 0.2) is 122 Å². The fraction of sp³-hybridized carbons (Fsp3) is 0.217. The molecule has 0 radical (unpaired) electrons. The highest BCUT2D eigenvalue weighted by Crippen LogP contribution is 2.32. The molecule has 12 heteroatoms. The highest BCUT2D eigenvalue weighted by molar-refractivity contribution is 6.08. The lowest BCUT2D eigenvalue weighted by molar-refractivity contribution is 0.102. The number of carbonyl (C=O) groups is 1. The van der Waals surface area contributed by atoms with E-state index in [0.29, 0.717) is 29.0 Å². The Morgan fingerprint density at radius 2 is 1.47 bits per heavy atom. The van der Waals surface area contributed by atoms with Gasteiger partial charge in [-0.3, -0.25) is 14.4 Å². The molecule has 2 aliphatic rings. The van der Waals surface area contributed by atoms with Gasteiger partial charge in [0.05, 0.1) is 29.7 Å². The fourth-order valence-corrected chi connectivity index (χ4v) is 7.92. The van der Waals surface area contributed by atoms with Crippen molar-refractivity contribution in [3.05, 3.63) is 145 Å². The second-order valence-electron chi connectivity index (χ2n) is 15.1. The Morgan fingerprint density at radius 1 is 0.724 bits per heavy atom. The summed E-state index contributed by atoms with van der Waals surface area (Å²) >= 11 is 0. The number of pyridine rings is 2. The monoisotopic (exact) mass is 772 g/mol. The minimum absolute atomic E-state index is 0.202. The molecule has 7 heterocycles. The number of amides is 1. The van der Waals surface area contributed by atoms with Gasteiger partial charge in [0.15, 0.2) is 0 Å². The van der Waals surface area contributed by atoms with Crippen LogP contribution < -0.4 is 16.0 Å². The van der Waals surface area contributed by atoms with E-state index in [1.54, 1.807) is 41.7 Å². The summed E-state index contributed by atoms with van der Waals surface area (Å²) < 4.78 is 16.3. The van der Waals surface area contributed by atoms with Gasteiger partial charge in [-0.2, -0.15) is 5.10 Å². The Morgan fingerprint density at radius 3 is 2.28 bits per heavy atom. The molecule has 0 unspecified atom stereocenters. The van der Waals surface area contributed by atoms with Gasteiger partial charge in [0.2, 0.25) is 0 Å². The first-order valence-corrected chi connectivity index (χ1v) is 19.9. The number of nitrogens with zero attached hydrogens (tertiary/aromatic N) is 6. The molecule has 0 aliphatic carbocycles. The molecule has 5 aromatic heterocycles. The quantitative estimate of drug-likeness (QED) is 0.115. The molecule has 2 saturated heterocycles. The van der Waals surface area contributed by atoms with E-state index < -0.39 is 0 Å². The number of nitrogens with one attached hydrogen (secondary N) is 3. The zero-order valence-electron chi connectivity index (χ0n) is 32.2. The van der Waals surface area contributed by atoms with Crippen molar-refractivity contribution in [1.82, 2.24) is 34.6 Å². The van der Waals surface area contributed by atoms with Gasteiger partial charge in [-0.15, -0.1) is 0 Å². The van der Waals surface area contributed by atoms with Crippen LogP contribution in [0.4, 0.5) is 21.5 Å². The van der Waals surface area contributed by atoms with Crippen molar-refractivity contribution in [2.75, 3.05) is 42.1 Å². The first-order valence-electron chi connectivity index (χ1n) is 19.9. The van der Waals surface area contributed by atoms with Gasteiger partial charge < -0.3 is 25.9 Å². The maximum absolute atomic E-state index is 14.6. The van der Waals surface area contributed by atoms with Gasteiger partial charge in [0.1, 0.15) is 17.1 Å². The molecular formula is C46H45FN10O. The minimum atomic E-state index is -0.211. The molecule has 8 aromatic rings. The largest absolute Gasteiger partial charge is 0.397 e. The van der Waals surface area contributed by atoms with Crippen molar-refractivity contribution in [3.8, 4) is 22.3 Å². The van der Waals surface area contributed by atoms with Gasteiger partial charge >= 0.3 is 0 Å². The second-order valence-corrected chi connectivity index (χ2v) is 15.1. The van der Waals surface area contributed by atoms with Crippen molar-refractivity contribution in [1.29, 1.82) is 0 Å². The molecule has 58 heavy (non-hydrogen) atoms. The fourth-order valence-electron chi connectivity index (χ4n) is 7.92. The summed E-state index contributed by atoms with van der Waals surface area (Å²) in [6, 6.07) is 28.1. The number of rotatable bonds is 9. The summed E-state index contributed by atoms with van der Waals surface area (Å²) in [5.41, 5.74) is 16.0. The smallest absolute Gasteiger partial charge is 0.258 e. The Labute approximate surface area is 335 Å². The van der Waals surface area contributed by atoms with E-state index in [9.17, 15) is 9.18 Å². The van der Waals surface area contributed by atoms with Crippen molar-refractivity contribution in [2.45, 2.75) is 38.8 Å². The summed E-state index contributed by atoms with van der Waals surface area (Å²) in [6.45, 7) is 5.87. The standard InChI is InChI=1S/C28H26N6O.C18H19FN4/c35-28(23-16-31-34(19-23)18-20-7-2-1-3-8-20)32-26-17-30-27-25(26)14-22(15-29-27)21-9-6-10-24(13-21)33-11-4-5-12-33;19-16-7-12(11-23-5-1-2-6-23)3-4-14(16)13-8-15-17(20)10-22-18(15)21-9-13/h1-3,6-10,13-17,19H,4-5,11-12,18H2,(H,29,30)(H,32,35);3-4,7-10H,1-2,5-6,11,20H2,(H,21,22). The first kappa shape index (κ1) is 36.8. The molecule has 11 nitrogen and oxygen atoms in total. The van der Waals surface area contributed by atoms with E-state index in [0.717, 1.165) is 82.6 Å². The van der Waals surface area contributed by atoms with Crippen molar-refractivity contribution in [2.24, 2.45) is 0 Å². The number of anilines is 3. The van der Waals surface area contributed by atoms with Crippen LogP contribution in [0.1, 0.15) is 47.2 Å². The number of hydrogen-bond donors (Lipinski definition) is 4. The van der Waals surface area contributed by atoms with Crippen LogP contribution >= 0.6 is 0 Å². The number of nitrogens with two attached hydrogens (primary N) is 1. The number of likely N-dealkylation sites (tertiary alicyclic amines) is 1. The predicted molar refractivity (Wildman–Crippen MR) is 229 cm³/mol. The average molecular weight is 773 g/mol. The van der Waals surface area contributed by atoms with Crippen LogP contribution in [0.25, 0.3) is 44.3 Å². The van der Waals surface area contributed by atoms with E-state index in [4.69, 9.17) is 5.73 Å². The summed E-state index contributed by atoms with van der Waals surface area (Å²) in [6.07, 6.45) is 15.4. The van der Waals surface area contributed by atoms with Crippen molar-refractivity contribution in [3.63, 3.8) is 0 Å². The number of halogens is 1. The zero-order valence-corrected chi connectivity index (χ0v) is 32.2. The van der Waals surface area contributed by atoms with E-state index in [2.05, 4.69) is 70.5 Å². The van der Waals surface area contributed by atoms with E-state index in [1.165, 1.54) is 31.4 Å². The average Bonchev–Trinajstić information content (AvgIpc) is 4.12. The molecular weight excluding hydrogens is 728 g/mol. The summed E-state index contributed by atoms with van der Waals surface area (Å²) in [5.74, 6) is -0.413. The molecule has 1 amide bonds. The number of aromatic nitrogens is 6. The third-order valence-electron chi connectivity index (χ3n) is 11.0. The van der Waals surface area contributed by atoms with Crippen LogP contribution in [0.3, 0.4) is 0 Å². The maximum atomic E-state index is 14.6. The van der Waals surface area contributed by atoms with E-state index in [-0.39, 0.29) is 11.7 Å². The Hall–Kier alpha value is -6.79. The van der Waals surface area contributed by atoms with Crippen LogP contribution in [0.5, 0.6) is 0 Å². The number of hydrogen-bond acceptors (Lipinski definition) is 7. The Kier molecular flexibility index (Phi) is 10.4. The number of carbonyl (C=O) groups excluding carboxylic acids is 1. The topological polar surface area (TPSA) is 137 Å². The molecule has 292 valence electrons. The van der Waals surface area contributed by atoms with Crippen molar-refractivity contribution < 1.29 is 9.18 Å². The predicted octanol–water partition coefficient (Wildman–Crippen LogP) is 8.87. The van der Waals surface area contributed by atoms with Gasteiger partial charge in [-0.05, 0) is 85.8 Å². The molecule has 0 spiro atoms. The van der Waals surface area contributed by atoms with Crippen LogP contribution in [0.2, 0.25) is 0 Å². The zero-order chi connectivity index (χ0) is 39.4. The van der Waals surface area contributed by atoms with Gasteiger partial charge in [0.25, 0.3) is 5.91 Å². The lowest BCUT2D eigenvalue weighted by Gasteiger charge is -2.18. The van der Waals surface area contributed by atoms with Gasteiger partial charge in [0, 0.05) is 83.8 Å². The molecule has 0 atom stereocenters. The summed E-state index contributed by atoms with van der Waals surface area (Å²) in [5, 5.41) is 9.07. The summed E-state index contributed by atoms with van der Waals surface area (Å²) in [7, 11) is 0. The van der Waals surface area contributed by atoms with E-state index >= 15 is 0 Å². The van der Waals surface area contributed by atoms with Gasteiger partial charge in [-0.25, -0.2) is 14.4 Å². The van der Waals surface area contributed by atoms with E-state index in [1.807, 2.05) is 54.7 Å². The molecule has 5 N–H and O–H groups in total. The Balaban J connectivity index is 0.000000164. The van der Waals surface area contributed by atoms with Crippen LogP contribution in [0, 0.1) is 5.82 Å². The van der Waals surface area contributed by atoms with Crippen molar-refractivity contribution >= 4 is 45.0 Å². The maximum Gasteiger partial charge on any atom is 0.258 e. The number of fused-ring (bicyclic) bond motifs is 2. The number of nitrogen functional groups attached to an aromatic ring is 1. The molecule has 3 aromatic carbocycles. The van der Waals surface area contributed by atoms with Crippen LogP contribution in [-0.4, -0.2) is 66.7 Å². The Bertz CT molecular complexity index is 2690. The minimum Gasteiger partial charge on any atom is -0.397 e. The highest BCUT2D eigenvalue weighted by atomic mass is 19.1. The molecule has 0 bridgehead atoms. The third-order valence-corrected chi connectivity index (χ3v) is 11.0. The van der Waals surface area contributed by atoms with Gasteiger partial charge in [-0.1, -0.05) is 54.6 Å². The number of benzene rings is 3. The highest BCUT2D eigenvalue weighted by Gasteiger charge is 2.17. The molecule has 10 rings (SSSR count). The molecule has 2 fully saturated rings. The third kappa shape index (κ3) is 8.05. The molecule has 0 saturated carbocycles. The summed E-state index contributed by atoms with van der Waals surface area (Å²) in [4.78, 5) is 32.8. The second kappa shape index (κ2) is 16.4. The number of H-pyrrole nitrogens is 2. The van der Waals surface area contributed by atoms with Crippen LogP contribution in [-0.2, 0) is 13.1 Å². The number of aromatic amines is 2. The lowest BCUT2D eigenvalue weighted by Crippen LogP contribution is -2.18. The first-order chi connectivity index (χ1) is 28.4. The normalized spacial score (nSPS) is 14.3. The SMILES string of the molecule is Nc1c[nH]c2ncc(-c3ccc(CN4CCCC4)cc3F)cc12.O=C(Nc1c[nH]c2ncc(-c3cccc(N4CCCC4)c3)cc12)c1cnn(Cc2ccccc2)c1. The lowest BCUT2D eigenvalue weighted by atomic mass is 10.0.